The number of carboxylic acid groups (broad SMARTS) is 1. The zero-order valence-electron chi connectivity index (χ0n) is 7.22. The van der Waals surface area contributed by atoms with Crippen LogP contribution < -0.4 is 0 Å². The second kappa shape index (κ2) is 3.69. The van der Waals surface area contributed by atoms with E-state index in [4.69, 9.17) is 5.11 Å². The Morgan fingerprint density at radius 1 is 1.36 bits per heavy atom. The van der Waals surface area contributed by atoms with Crippen LogP contribution in [0, 0.1) is 18.6 Å². The molecule has 0 heterocycles. The van der Waals surface area contributed by atoms with Crippen LogP contribution in [0.15, 0.2) is 12.1 Å². The minimum Gasteiger partial charge on any atom is -0.479 e. The molecule has 0 amide bonds. The lowest BCUT2D eigenvalue weighted by Crippen LogP contribution is -2.08. The van der Waals surface area contributed by atoms with Gasteiger partial charge in [-0.05, 0) is 18.6 Å². The van der Waals surface area contributed by atoms with Gasteiger partial charge in [0.15, 0.2) is 0 Å². The first-order valence-corrected chi connectivity index (χ1v) is 3.76. The highest BCUT2D eigenvalue weighted by Gasteiger charge is 2.23. The average Bonchev–Trinajstić information content (AvgIpc) is 2.10. The zero-order valence-corrected chi connectivity index (χ0v) is 7.22. The van der Waals surface area contributed by atoms with Crippen molar-refractivity contribution in [1.29, 1.82) is 0 Å². The number of alkyl halides is 1. The van der Waals surface area contributed by atoms with Gasteiger partial charge >= 0.3 is 5.97 Å². The molecular weight excluding hydrogens is 197 g/mol. The van der Waals surface area contributed by atoms with Gasteiger partial charge in [0, 0.05) is 11.6 Å². The Morgan fingerprint density at radius 3 is 2.43 bits per heavy atom. The van der Waals surface area contributed by atoms with Gasteiger partial charge in [0.2, 0.25) is 6.17 Å². The first-order valence-electron chi connectivity index (χ1n) is 3.76. The summed E-state index contributed by atoms with van der Waals surface area (Å²) in [6, 6.07) is 1.32. The van der Waals surface area contributed by atoms with E-state index in [9.17, 15) is 18.0 Å². The summed E-state index contributed by atoms with van der Waals surface area (Å²) in [5.41, 5.74) is -0.651. The molecule has 0 aromatic heterocycles. The number of hydrogen-bond acceptors (Lipinski definition) is 1. The number of halogens is 3. The summed E-state index contributed by atoms with van der Waals surface area (Å²) in [4.78, 5) is 10.2. The van der Waals surface area contributed by atoms with E-state index >= 15 is 0 Å². The van der Waals surface area contributed by atoms with Crippen LogP contribution in [0.1, 0.15) is 17.3 Å². The Labute approximate surface area is 78.0 Å². The van der Waals surface area contributed by atoms with Crippen LogP contribution >= 0.6 is 0 Å². The summed E-state index contributed by atoms with van der Waals surface area (Å²) in [6.45, 7) is 1.30. The maximum absolute atomic E-state index is 12.9. The van der Waals surface area contributed by atoms with E-state index in [2.05, 4.69) is 0 Å². The van der Waals surface area contributed by atoms with Crippen LogP contribution in [-0.4, -0.2) is 11.1 Å². The summed E-state index contributed by atoms with van der Waals surface area (Å²) in [6.07, 6.45) is -2.46. The Hall–Kier alpha value is -1.52. The molecule has 1 unspecified atom stereocenters. The lowest BCUT2D eigenvalue weighted by atomic mass is 10.1. The van der Waals surface area contributed by atoms with Crippen molar-refractivity contribution in [2.75, 3.05) is 0 Å². The summed E-state index contributed by atoms with van der Waals surface area (Å²) in [5, 5.41) is 8.28. The molecule has 1 rings (SSSR count). The van der Waals surface area contributed by atoms with Crippen molar-refractivity contribution >= 4 is 5.97 Å². The van der Waals surface area contributed by atoms with Gasteiger partial charge in [0.25, 0.3) is 0 Å². The predicted octanol–water partition coefficient (Wildman–Crippen LogP) is 2.37. The molecule has 0 aliphatic carbocycles. The summed E-state index contributed by atoms with van der Waals surface area (Å²) in [7, 11) is 0. The fourth-order valence-electron chi connectivity index (χ4n) is 1.01. The van der Waals surface area contributed by atoms with Crippen LogP contribution in [0.3, 0.4) is 0 Å². The van der Waals surface area contributed by atoms with Gasteiger partial charge in [0.05, 0.1) is 0 Å². The van der Waals surface area contributed by atoms with Crippen LogP contribution in [0.4, 0.5) is 13.2 Å². The van der Waals surface area contributed by atoms with E-state index in [1.807, 2.05) is 0 Å². The van der Waals surface area contributed by atoms with Crippen molar-refractivity contribution in [3.8, 4) is 0 Å². The van der Waals surface area contributed by atoms with E-state index < -0.39 is 29.3 Å². The van der Waals surface area contributed by atoms with E-state index in [0.717, 1.165) is 6.07 Å². The second-order valence-corrected chi connectivity index (χ2v) is 2.82. The van der Waals surface area contributed by atoms with Gasteiger partial charge in [-0.25, -0.2) is 18.0 Å². The molecule has 0 bridgehead atoms. The van der Waals surface area contributed by atoms with Gasteiger partial charge in [-0.1, -0.05) is 0 Å². The Morgan fingerprint density at radius 2 is 1.93 bits per heavy atom. The Balaban J connectivity index is 3.22. The smallest absolute Gasteiger partial charge is 0.343 e. The quantitative estimate of drug-likeness (QED) is 0.802. The number of aliphatic carboxylic acids is 1. The van der Waals surface area contributed by atoms with Crippen molar-refractivity contribution < 1.29 is 23.1 Å². The molecular formula is C9H7F3O2. The molecule has 5 heteroatoms. The first-order chi connectivity index (χ1) is 6.43. The molecule has 1 aromatic carbocycles. The number of benzene rings is 1. The number of aryl methyl sites for hydroxylation is 1. The third-order valence-corrected chi connectivity index (χ3v) is 1.77. The molecule has 0 aliphatic rings. The van der Waals surface area contributed by atoms with Gasteiger partial charge in [0.1, 0.15) is 11.6 Å². The van der Waals surface area contributed by atoms with Gasteiger partial charge in [-0.3, -0.25) is 0 Å². The standard InChI is InChI=1S/C9H7F3O2/c1-4-2-5(8(12)9(13)14)7(11)3-6(4)10/h2-3,8H,1H3,(H,13,14). The van der Waals surface area contributed by atoms with Crippen LogP contribution in [-0.2, 0) is 4.79 Å². The van der Waals surface area contributed by atoms with Crippen LogP contribution in [0.25, 0.3) is 0 Å². The number of carbonyl (C=O) groups is 1. The molecule has 0 saturated heterocycles. The number of rotatable bonds is 2. The van der Waals surface area contributed by atoms with E-state index in [1.165, 1.54) is 6.92 Å². The monoisotopic (exact) mass is 204 g/mol. The molecule has 2 nitrogen and oxygen atoms in total. The van der Waals surface area contributed by atoms with Crippen molar-refractivity contribution in [2.45, 2.75) is 13.1 Å². The van der Waals surface area contributed by atoms with Crippen LogP contribution in [0.2, 0.25) is 0 Å². The molecule has 76 valence electrons. The van der Waals surface area contributed by atoms with Crippen molar-refractivity contribution in [2.24, 2.45) is 0 Å². The Bertz CT molecular complexity index is 377. The lowest BCUT2D eigenvalue weighted by Gasteiger charge is -2.06. The van der Waals surface area contributed by atoms with Crippen molar-refractivity contribution in [3.05, 3.63) is 34.9 Å². The van der Waals surface area contributed by atoms with Gasteiger partial charge in [-0.15, -0.1) is 0 Å². The molecule has 1 N–H and O–H groups in total. The van der Waals surface area contributed by atoms with Crippen molar-refractivity contribution in [3.63, 3.8) is 0 Å². The third-order valence-electron chi connectivity index (χ3n) is 1.77. The van der Waals surface area contributed by atoms with Crippen LogP contribution in [0.5, 0.6) is 0 Å². The number of carboxylic acids is 1. The van der Waals surface area contributed by atoms with Gasteiger partial charge in [-0.2, -0.15) is 0 Å². The first kappa shape index (κ1) is 10.6. The summed E-state index contributed by atoms with van der Waals surface area (Å²) in [5.74, 6) is -3.82. The Kier molecular flexibility index (Phi) is 2.78. The normalized spacial score (nSPS) is 12.6. The molecule has 0 saturated carbocycles. The molecule has 14 heavy (non-hydrogen) atoms. The minimum absolute atomic E-state index is 0.00491. The van der Waals surface area contributed by atoms with Gasteiger partial charge < -0.3 is 5.11 Å². The fourth-order valence-corrected chi connectivity index (χ4v) is 1.01. The highest BCUT2D eigenvalue weighted by Crippen LogP contribution is 2.23. The molecule has 0 spiro atoms. The fraction of sp³-hybridized carbons (Fsp3) is 0.222. The van der Waals surface area contributed by atoms with E-state index in [1.54, 1.807) is 0 Å². The maximum atomic E-state index is 12.9. The lowest BCUT2D eigenvalue weighted by molar-refractivity contribution is -0.143. The molecule has 0 aliphatic heterocycles. The number of hydrogen-bond donors (Lipinski definition) is 1. The van der Waals surface area contributed by atoms with E-state index in [0.29, 0.717) is 6.07 Å². The zero-order chi connectivity index (χ0) is 10.9. The molecule has 1 atom stereocenters. The second-order valence-electron chi connectivity index (χ2n) is 2.82. The SMILES string of the molecule is Cc1cc(C(F)C(=O)O)c(F)cc1F. The highest BCUT2D eigenvalue weighted by molar-refractivity contribution is 5.74. The molecule has 0 radical (unpaired) electrons. The molecule has 1 aromatic rings. The van der Waals surface area contributed by atoms with E-state index in [-0.39, 0.29) is 5.56 Å². The maximum Gasteiger partial charge on any atom is 0.343 e. The highest BCUT2D eigenvalue weighted by atomic mass is 19.1. The molecule has 0 fully saturated rings. The predicted molar refractivity (Wildman–Crippen MR) is 42.6 cm³/mol. The largest absolute Gasteiger partial charge is 0.479 e. The third kappa shape index (κ3) is 1.86. The topological polar surface area (TPSA) is 37.3 Å². The summed E-state index contributed by atoms with van der Waals surface area (Å²) >= 11 is 0. The average molecular weight is 204 g/mol. The van der Waals surface area contributed by atoms with Crippen molar-refractivity contribution in [1.82, 2.24) is 0 Å². The summed E-state index contributed by atoms with van der Waals surface area (Å²) < 4.78 is 38.5. The minimum atomic E-state index is -2.46.